The first-order valence-corrected chi connectivity index (χ1v) is 11.6. The molecule has 0 saturated carbocycles. The number of phenolic OH excluding ortho intramolecular Hbond substituents is 1. The summed E-state index contributed by atoms with van der Waals surface area (Å²) < 4.78 is 22.1. The first-order valence-electron chi connectivity index (χ1n) is 11.6. The highest BCUT2D eigenvalue weighted by molar-refractivity contribution is 5.87. The third-order valence-electron chi connectivity index (χ3n) is 8.81. The molecule has 2 aliphatic carbocycles. The number of nitrogens with zero attached hydrogens (tertiary/aromatic N) is 2. The number of piperidine rings is 1. The number of ether oxygens (including phenoxy) is 1. The number of benzene rings is 2. The van der Waals surface area contributed by atoms with E-state index in [1.54, 1.807) is 6.07 Å². The van der Waals surface area contributed by atoms with Crippen molar-refractivity contribution >= 4 is 10.9 Å². The van der Waals surface area contributed by atoms with Gasteiger partial charge in [0.05, 0.1) is 23.4 Å². The highest BCUT2D eigenvalue weighted by Gasteiger charge is 2.72. The first kappa shape index (κ1) is 18.9. The summed E-state index contributed by atoms with van der Waals surface area (Å²) in [5, 5.41) is 24.5. The Labute approximate surface area is 186 Å². The Morgan fingerprint density at radius 3 is 2.91 bits per heavy atom. The minimum atomic E-state index is -1.00. The van der Waals surface area contributed by atoms with Gasteiger partial charge >= 0.3 is 0 Å². The van der Waals surface area contributed by atoms with E-state index in [0.29, 0.717) is 25.1 Å². The molecule has 2 N–H and O–H groups in total. The van der Waals surface area contributed by atoms with Crippen molar-refractivity contribution in [3.05, 3.63) is 58.8 Å². The summed E-state index contributed by atoms with van der Waals surface area (Å²) in [6.45, 7) is 1.06. The van der Waals surface area contributed by atoms with Crippen LogP contribution in [0.1, 0.15) is 41.3 Å². The van der Waals surface area contributed by atoms with Gasteiger partial charge in [-0.2, -0.15) is 0 Å². The van der Waals surface area contributed by atoms with E-state index in [-0.39, 0.29) is 18.5 Å². The maximum atomic E-state index is 13.3. The molecule has 2 bridgehead atoms. The number of halogens is 1. The molecule has 1 saturated heterocycles. The molecule has 3 heterocycles. The molecule has 6 heteroatoms. The van der Waals surface area contributed by atoms with Crippen molar-refractivity contribution in [1.29, 1.82) is 0 Å². The average molecular weight is 435 g/mol. The summed E-state index contributed by atoms with van der Waals surface area (Å²) in [5.41, 5.74) is 3.78. The zero-order chi connectivity index (χ0) is 21.8. The second kappa shape index (κ2) is 6.06. The number of likely N-dealkylation sites (tertiary alicyclic amines) is 1. The number of aromatic hydroxyl groups is 1. The van der Waals surface area contributed by atoms with Gasteiger partial charge in [0.1, 0.15) is 0 Å². The van der Waals surface area contributed by atoms with Gasteiger partial charge in [0.25, 0.3) is 0 Å². The molecular formula is C26H27FN2O3. The second-order valence-electron chi connectivity index (χ2n) is 10.0. The molecule has 0 radical (unpaired) electrons. The van der Waals surface area contributed by atoms with Crippen LogP contribution in [0.15, 0.2) is 36.4 Å². The molecular weight excluding hydrogens is 407 g/mol. The van der Waals surface area contributed by atoms with Gasteiger partial charge in [-0.25, -0.2) is 0 Å². The number of aryl methyl sites for hydroxylation is 1. The van der Waals surface area contributed by atoms with Gasteiger partial charge in [0, 0.05) is 35.5 Å². The van der Waals surface area contributed by atoms with Crippen molar-refractivity contribution in [3.63, 3.8) is 0 Å². The third kappa shape index (κ3) is 1.94. The zero-order valence-electron chi connectivity index (χ0n) is 18.1. The van der Waals surface area contributed by atoms with Crippen molar-refractivity contribution < 1.29 is 19.3 Å². The Morgan fingerprint density at radius 1 is 1.22 bits per heavy atom. The standard InChI is InChI=1S/C26H27FN2O3/c1-28-12-9-25-21-15-7-8-19(30)23(21)32-24(25)22-17(14-26(25,31)20(28)13-15)16-5-2-3-6-18(16)29(22)11-4-10-27/h2-3,5-8,20,24,30-31H,4,9-14H2,1H3/t20-,24+,25+,26-/m1/s1. The summed E-state index contributed by atoms with van der Waals surface area (Å²) in [6, 6.07) is 11.9. The van der Waals surface area contributed by atoms with Crippen molar-refractivity contribution in [2.75, 3.05) is 20.3 Å². The Hall–Kier alpha value is -2.57. The number of phenols is 1. The highest BCUT2D eigenvalue weighted by Crippen LogP contribution is 2.69. The Balaban J connectivity index is 1.58. The summed E-state index contributed by atoms with van der Waals surface area (Å²) in [5.74, 6) is 0.671. The number of rotatable bonds is 3. The van der Waals surface area contributed by atoms with Crippen LogP contribution < -0.4 is 4.74 Å². The van der Waals surface area contributed by atoms with Crippen LogP contribution in [0.5, 0.6) is 11.5 Å². The number of likely N-dealkylation sites (N-methyl/N-ethyl adjacent to an activating group) is 1. The number of alkyl halides is 1. The number of hydrogen-bond donors (Lipinski definition) is 2. The molecule has 32 heavy (non-hydrogen) atoms. The van der Waals surface area contributed by atoms with E-state index < -0.39 is 17.1 Å². The molecule has 4 atom stereocenters. The minimum Gasteiger partial charge on any atom is -0.504 e. The fraction of sp³-hybridized carbons (Fsp3) is 0.462. The van der Waals surface area contributed by atoms with Gasteiger partial charge in [-0.15, -0.1) is 0 Å². The van der Waals surface area contributed by atoms with Crippen molar-refractivity contribution in [1.82, 2.24) is 9.47 Å². The Morgan fingerprint density at radius 2 is 2.06 bits per heavy atom. The SMILES string of the molecule is CN1CC[C@]23c4c5ccc(O)c4O[C@H]2c2c(c4ccccc4n2CCCF)C[C@@]3(O)[C@H]1C5. The van der Waals surface area contributed by atoms with Crippen molar-refractivity contribution in [3.8, 4) is 11.5 Å². The van der Waals surface area contributed by atoms with E-state index in [1.807, 2.05) is 18.2 Å². The monoisotopic (exact) mass is 434 g/mol. The van der Waals surface area contributed by atoms with E-state index in [2.05, 4.69) is 28.6 Å². The van der Waals surface area contributed by atoms with Crippen molar-refractivity contribution in [2.45, 2.75) is 55.4 Å². The molecule has 1 spiro atoms. The number of aliphatic hydroxyl groups is 1. The maximum absolute atomic E-state index is 13.3. The largest absolute Gasteiger partial charge is 0.504 e. The molecule has 2 aromatic carbocycles. The van der Waals surface area contributed by atoms with Gasteiger partial charge in [-0.05, 0) is 56.1 Å². The normalized spacial score (nSPS) is 32.0. The predicted octanol–water partition coefficient (Wildman–Crippen LogP) is 3.63. The lowest BCUT2D eigenvalue weighted by Gasteiger charge is -2.62. The average Bonchev–Trinajstić information content (AvgIpc) is 3.29. The highest BCUT2D eigenvalue weighted by atomic mass is 19.1. The number of fused-ring (bicyclic) bond motifs is 4. The second-order valence-corrected chi connectivity index (χ2v) is 10.0. The van der Waals surface area contributed by atoms with E-state index >= 15 is 0 Å². The lowest BCUT2D eigenvalue weighted by atomic mass is 9.49. The van der Waals surface area contributed by atoms with Gasteiger partial charge in [-0.1, -0.05) is 24.3 Å². The van der Waals surface area contributed by atoms with E-state index in [0.717, 1.165) is 52.7 Å². The molecule has 166 valence electrons. The topological polar surface area (TPSA) is 57.9 Å². The zero-order valence-corrected chi connectivity index (χ0v) is 18.1. The molecule has 4 aliphatic rings. The molecule has 0 amide bonds. The van der Waals surface area contributed by atoms with Crippen LogP contribution in [-0.4, -0.2) is 51.6 Å². The van der Waals surface area contributed by atoms with Crippen LogP contribution in [0.2, 0.25) is 0 Å². The Kier molecular flexibility index (Phi) is 3.59. The fourth-order valence-electron chi connectivity index (χ4n) is 7.53. The van der Waals surface area contributed by atoms with E-state index in [1.165, 1.54) is 0 Å². The Bertz CT molecular complexity index is 1290. The minimum absolute atomic E-state index is 0.0218. The van der Waals surface area contributed by atoms with E-state index in [4.69, 9.17) is 4.74 Å². The van der Waals surface area contributed by atoms with Crippen LogP contribution in [0.25, 0.3) is 10.9 Å². The first-order chi connectivity index (χ1) is 15.5. The molecule has 7 rings (SSSR count). The molecule has 3 aromatic rings. The van der Waals surface area contributed by atoms with Crippen molar-refractivity contribution in [2.24, 2.45) is 0 Å². The summed E-state index contributed by atoms with van der Waals surface area (Å²) in [6.07, 6.45) is 2.07. The van der Waals surface area contributed by atoms with Crippen LogP contribution in [0.4, 0.5) is 4.39 Å². The molecule has 0 unspecified atom stereocenters. The number of para-hydroxylation sites is 1. The molecule has 5 nitrogen and oxygen atoms in total. The maximum Gasteiger partial charge on any atom is 0.166 e. The van der Waals surface area contributed by atoms with Gasteiger partial charge in [0.2, 0.25) is 0 Å². The van der Waals surface area contributed by atoms with Crippen LogP contribution >= 0.6 is 0 Å². The van der Waals surface area contributed by atoms with Crippen LogP contribution in [0.3, 0.4) is 0 Å². The summed E-state index contributed by atoms with van der Waals surface area (Å²) in [7, 11) is 2.10. The van der Waals surface area contributed by atoms with Gasteiger partial charge < -0.3 is 24.4 Å². The number of hydrogen-bond acceptors (Lipinski definition) is 4. The van der Waals surface area contributed by atoms with Gasteiger partial charge in [-0.3, -0.25) is 4.39 Å². The van der Waals surface area contributed by atoms with Gasteiger partial charge in [0.15, 0.2) is 17.6 Å². The number of aromatic nitrogens is 1. The lowest BCUT2D eigenvalue weighted by molar-refractivity contribution is -0.168. The van der Waals surface area contributed by atoms with E-state index in [9.17, 15) is 14.6 Å². The van der Waals surface area contributed by atoms with Crippen LogP contribution in [0, 0.1) is 0 Å². The smallest absolute Gasteiger partial charge is 0.166 e. The third-order valence-corrected chi connectivity index (χ3v) is 8.81. The molecule has 2 aliphatic heterocycles. The summed E-state index contributed by atoms with van der Waals surface area (Å²) in [4.78, 5) is 2.30. The quantitative estimate of drug-likeness (QED) is 0.661. The van der Waals surface area contributed by atoms with Crippen LogP contribution in [-0.2, 0) is 24.8 Å². The molecule has 1 aromatic heterocycles. The lowest BCUT2D eigenvalue weighted by Crippen LogP contribution is -2.74. The summed E-state index contributed by atoms with van der Waals surface area (Å²) >= 11 is 0. The fourth-order valence-corrected chi connectivity index (χ4v) is 7.53. The predicted molar refractivity (Wildman–Crippen MR) is 119 cm³/mol. The molecule has 1 fully saturated rings.